The topological polar surface area (TPSA) is 69.6 Å². The largest absolute Gasteiger partial charge is 0.480 e. The van der Waals surface area contributed by atoms with E-state index in [2.05, 4.69) is 26.1 Å². The lowest BCUT2D eigenvalue weighted by molar-refractivity contribution is -0.139. The summed E-state index contributed by atoms with van der Waals surface area (Å²) >= 11 is 4.79. The Morgan fingerprint density at radius 2 is 2.14 bits per heavy atom. The van der Waals surface area contributed by atoms with Crippen LogP contribution in [0.4, 0.5) is 0 Å². The number of aliphatic carboxylic acids is 1. The van der Waals surface area contributed by atoms with Gasteiger partial charge in [0.15, 0.2) is 0 Å². The van der Waals surface area contributed by atoms with Gasteiger partial charge in [0.1, 0.15) is 4.88 Å². The summed E-state index contributed by atoms with van der Waals surface area (Å²) in [6.07, 6.45) is 4.12. The number of rotatable bonds is 7. The smallest absolute Gasteiger partial charge is 0.317 e. The maximum atomic E-state index is 12.1. The van der Waals surface area contributed by atoms with Crippen molar-refractivity contribution in [2.45, 2.75) is 37.8 Å². The average Bonchev–Trinajstić information content (AvgIpc) is 3.11. The van der Waals surface area contributed by atoms with Crippen LogP contribution in [-0.2, 0) is 4.79 Å². The predicted octanol–water partition coefficient (Wildman–Crippen LogP) is 2.57. The van der Waals surface area contributed by atoms with E-state index in [4.69, 9.17) is 5.11 Å². The minimum Gasteiger partial charge on any atom is -0.480 e. The molecule has 2 aliphatic rings. The van der Waals surface area contributed by atoms with Crippen LogP contribution < -0.4 is 5.32 Å². The van der Waals surface area contributed by atoms with Crippen molar-refractivity contribution in [1.82, 2.24) is 10.2 Å². The summed E-state index contributed by atoms with van der Waals surface area (Å²) in [5.74, 6) is -0.136. The number of carbonyl (C=O) groups excluding carboxylic acids is 1. The number of amides is 1. The van der Waals surface area contributed by atoms with Gasteiger partial charge in [-0.15, -0.1) is 11.3 Å². The molecule has 0 saturated heterocycles. The highest BCUT2D eigenvalue weighted by atomic mass is 79.9. The van der Waals surface area contributed by atoms with Crippen LogP contribution in [0.25, 0.3) is 0 Å². The fourth-order valence-corrected chi connectivity index (χ4v) is 4.31. The first kappa shape index (κ1) is 16.0. The van der Waals surface area contributed by atoms with E-state index in [9.17, 15) is 9.59 Å². The van der Waals surface area contributed by atoms with Gasteiger partial charge in [-0.05, 0) is 59.0 Å². The lowest BCUT2D eigenvalue weighted by Crippen LogP contribution is -2.55. The highest BCUT2D eigenvalue weighted by molar-refractivity contribution is 9.10. The van der Waals surface area contributed by atoms with Crippen molar-refractivity contribution >= 4 is 39.1 Å². The second-order valence-corrected chi connectivity index (χ2v) is 7.93. The summed E-state index contributed by atoms with van der Waals surface area (Å²) in [4.78, 5) is 25.9. The van der Waals surface area contributed by atoms with Gasteiger partial charge >= 0.3 is 5.97 Å². The monoisotopic (exact) mass is 386 g/mol. The molecule has 2 aliphatic carbocycles. The first-order chi connectivity index (χ1) is 10.5. The third kappa shape index (κ3) is 3.88. The van der Waals surface area contributed by atoms with E-state index in [1.54, 1.807) is 0 Å². The molecule has 2 N–H and O–H groups in total. The van der Waals surface area contributed by atoms with Gasteiger partial charge in [0, 0.05) is 23.1 Å². The highest BCUT2D eigenvalue weighted by Crippen LogP contribution is 2.34. The Balaban J connectivity index is 1.48. The van der Waals surface area contributed by atoms with E-state index >= 15 is 0 Å². The SMILES string of the molecule is O=C(O)CN(CC1CC1)C1CC(NC(=O)c2sccc2Br)C1. The van der Waals surface area contributed by atoms with Crippen molar-refractivity contribution in [3.8, 4) is 0 Å². The van der Waals surface area contributed by atoms with E-state index in [1.807, 2.05) is 11.4 Å². The lowest BCUT2D eigenvalue weighted by atomic mass is 9.85. The number of nitrogens with one attached hydrogen (secondary N) is 1. The molecule has 0 aliphatic heterocycles. The Labute approximate surface area is 141 Å². The molecule has 22 heavy (non-hydrogen) atoms. The molecule has 1 amide bonds. The molecule has 2 saturated carbocycles. The number of hydrogen-bond donors (Lipinski definition) is 2. The quantitative estimate of drug-likeness (QED) is 0.755. The summed E-state index contributed by atoms with van der Waals surface area (Å²) in [5, 5.41) is 14.0. The molecule has 0 bridgehead atoms. The normalized spacial score (nSPS) is 24.1. The minimum atomic E-state index is -0.768. The molecule has 120 valence electrons. The van der Waals surface area contributed by atoms with Gasteiger partial charge in [-0.2, -0.15) is 0 Å². The maximum Gasteiger partial charge on any atom is 0.317 e. The van der Waals surface area contributed by atoms with Gasteiger partial charge in [-0.1, -0.05) is 0 Å². The molecule has 7 heteroatoms. The number of carboxylic acid groups (broad SMARTS) is 1. The molecule has 3 rings (SSSR count). The molecule has 1 aromatic heterocycles. The van der Waals surface area contributed by atoms with Crippen molar-refractivity contribution in [3.63, 3.8) is 0 Å². The van der Waals surface area contributed by atoms with E-state index < -0.39 is 5.97 Å². The highest BCUT2D eigenvalue weighted by Gasteiger charge is 2.37. The second kappa shape index (κ2) is 6.68. The fraction of sp³-hybridized carbons (Fsp3) is 0.600. The molecular weight excluding hydrogens is 368 g/mol. The van der Waals surface area contributed by atoms with Crippen molar-refractivity contribution < 1.29 is 14.7 Å². The molecule has 1 heterocycles. The van der Waals surface area contributed by atoms with Crippen molar-refractivity contribution in [3.05, 3.63) is 20.8 Å². The summed E-state index contributed by atoms with van der Waals surface area (Å²) in [6.45, 7) is 0.992. The van der Waals surface area contributed by atoms with E-state index in [0.717, 1.165) is 23.9 Å². The molecule has 0 spiro atoms. The van der Waals surface area contributed by atoms with Crippen molar-refractivity contribution in [1.29, 1.82) is 0 Å². The van der Waals surface area contributed by atoms with E-state index in [0.29, 0.717) is 10.8 Å². The van der Waals surface area contributed by atoms with Crippen LogP contribution in [-0.4, -0.2) is 47.1 Å². The first-order valence-corrected chi connectivity index (χ1v) is 9.20. The van der Waals surface area contributed by atoms with Gasteiger partial charge < -0.3 is 10.4 Å². The number of nitrogens with zero attached hydrogens (tertiary/aromatic N) is 1. The lowest BCUT2D eigenvalue weighted by Gasteiger charge is -2.42. The predicted molar refractivity (Wildman–Crippen MR) is 88.2 cm³/mol. The number of carboxylic acids is 1. The van der Waals surface area contributed by atoms with Crippen LogP contribution in [0.1, 0.15) is 35.4 Å². The van der Waals surface area contributed by atoms with Crippen molar-refractivity contribution in [2.24, 2.45) is 5.92 Å². The summed E-state index contributed by atoms with van der Waals surface area (Å²) in [5.41, 5.74) is 0. The first-order valence-electron chi connectivity index (χ1n) is 7.52. The van der Waals surface area contributed by atoms with Crippen LogP contribution in [0.3, 0.4) is 0 Å². The Bertz CT molecular complexity index is 567. The molecule has 0 aromatic carbocycles. The van der Waals surface area contributed by atoms with Gasteiger partial charge in [0.05, 0.1) is 6.54 Å². The Kier molecular flexibility index (Phi) is 4.84. The molecule has 0 radical (unpaired) electrons. The number of halogens is 1. The second-order valence-electron chi connectivity index (χ2n) is 6.16. The molecule has 0 atom stereocenters. The average molecular weight is 387 g/mol. The van der Waals surface area contributed by atoms with Crippen molar-refractivity contribution in [2.75, 3.05) is 13.1 Å². The third-order valence-electron chi connectivity index (χ3n) is 4.32. The van der Waals surface area contributed by atoms with E-state index in [1.165, 1.54) is 24.2 Å². The zero-order valence-corrected chi connectivity index (χ0v) is 14.5. The van der Waals surface area contributed by atoms with Crippen LogP contribution in [0.15, 0.2) is 15.9 Å². The summed E-state index contributed by atoms with van der Waals surface area (Å²) in [7, 11) is 0. The molecular formula is C15H19BrN2O3S. The third-order valence-corrected chi connectivity index (χ3v) is 6.15. The Morgan fingerprint density at radius 1 is 1.41 bits per heavy atom. The van der Waals surface area contributed by atoms with Gasteiger partial charge in [0.2, 0.25) is 0 Å². The van der Waals surface area contributed by atoms with Crippen LogP contribution in [0, 0.1) is 5.92 Å². The standard InChI is InChI=1S/C15H19BrN2O3S/c16-12-3-4-22-14(12)15(21)17-10-5-11(6-10)18(8-13(19)20)7-9-1-2-9/h3-4,9-11H,1-2,5-8H2,(H,17,21)(H,19,20). The maximum absolute atomic E-state index is 12.1. The van der Waals surface area contributed by atoms with Crippen LogP contribution in [0.2, 0.25) is 0 Å². The number of carbonyl (C=O) groups is 2. The van der Waals surface area contributed by atoms with Crippen LogP contribution in [0.5, 0.6) is 0 Å². The van der Waals surface area contributed by atoms with Gasteiger partial charge in [-0.25, -0.2) is 0 Å². The van der Waals surface area contributed by atoms with Crippen LogP contribution >= 0.6 is 27.3 Å². The molecule has 1 aromatic rings. The van der Waals surface area contributed by atoms with Gasteiger partial charge in [-0.3, -0.25) is 14.5 Å². The summed E-state index contributed by atoms with van der Waals surface area (Å²) < 4.78 is 0.826. The Morgan fingerprint density at radius 3 is 2.68 bits per heavy atom. The molecule has 5 nitrogen and oxygen atoms in total. The number of thiophene rings is 1. The Hall–Kier alpha value is -0.920. The molecule has 0 unspecified atom stereocenters. The molecule has 2 fully saturated rings. The van der Waals surface area contributed by atoms with Gasteiger partial charge in [0.25, 0.3) is 5.91 Å². The van der Waals surface area contributed by atoms with E-state index in [-0.39, 0.29) is 24.5 Å². The minimum absolute atomic E-state index is 0.0442. The fourth-order valence-electron chi connectivity index (χ4n) is 2.86. The zero-order valence-electron chi connectivity index (χ0n) is 12.1. The number of hydrogen-bond acceptors (Lipinski definition) is 4. The summed E-state index contributed by atoms with van der Waals surface area (Å²) in [6, 6.07) is 2.31. The zero-order chi connectivity index (χ0) is 15.7.